The Bertz CT molecular complexity index is 1150. The number of carbonyl (C=O) groups is 2. The summed E-state index contributed by atoms with van der Waals surface area (Å²) >= 11 is 0. The van der Waals surface area contributed by atoms with Crippen LogP contribution in [0.1, 0.15) is 56.2 Å². The minimum absolute atomic E-state index is 0.0124. The maximum absolute atomic E-state index is 12.4. The zero-order valence-corrected chi connectivity index (χ0v) is 21.6. The molecule has 11 nitrogen and oxygen atoms in total. The number of rotatable bonds is 9. The monoisotopic (exact) mass is 510 g/mol. The van der Waals surface area contributed by atoms with Gasteiger partial charge in [0.2, 0.25) is 0 Å². The molecule has 198 valence electrons. The van der Waals surface area contributed by atoms with E-state index >= 15 is 0 Å². The molecule has 2 aromatic heterocycles. The summed E-state index contributed by atoms with van der Waals surface area (Å²) in [5.74, 6) is 0.685. The number of benzene rings is 1. The van der Waals surface area contributed by atoms with E-state index in [2.05, 4.69) is 20.4 Å². The highest BCUT2D eigenvalue weighted by atomic mass is 16.6. The summed E-state index contributed by atoms with van der Waals surface area (Å²) in [5, 5.41) is 6.93. The highest BCUT2D eigenvalue weighted by Gasteiger charge is 2.27. The molecule has 3 aromatic rings. The summed E-state index contributed by atoms with van der Waals surface area (Å²) in [6.07, 6.45) is 7.36. The Morgan fingerprint density at radius 2 is 1.92 bits per heavy atom. The molecule has 1 fully saturated rings. The van der Waals surface area contributed by atoms with Crippen molar-refractivity contribution in [3.8, 4) is 11.5 Å². The van der Waals surface area contributed by atoms with E-state index in [0.717, 1.165) is 31.4 Å². The zero-order chi connectivity index (χ0) is 26.3. The number of carbonyl (C=O) groups excluding carboxylic acids is 2. The molecule has 0 radical (unpaired) electrons. The van der Waals surface area contributed by atoms with Crippen LogP contribution in [0.2, 0.25) is 0 Å². The lowest BCUT2D eigenvalue weighted by atomic mass is 10.1. The normalized spacial score (nSPS) is 14.5. The Hall–Kier alpha value is -3.73. The average molecular weight is 511 g/mol. The lowest BCUT2D eigenvalue weighted by Gasteiger charge is -2.33. The summed E-state index contributed by atoms with van der Waals surface area (Å²) in [7, 11) is 0. The van der Waals surface area contributed by atoms with Crippen LogP contribution >= 0.6 is 0 Å². The van der Waals surface area contributed by atoms with Gasteiger partial charge in [-0.05, 0) is 64.3 Å². The van der Waals surface area contributed by atoms with Gasteiger partial charge in [0.1, 0.15) is 12.2 Å². The maximum atomic E-state index is 12.4. The Morgan fingerprint density at radius 3 is 2.59 bits per heavy atom. The molecule has 3 heterocycles. The van der Waals surface area contributed by atoms with Gasteiger partial charge in [-0.25, -0.2) is 9.78 Å². The third kappa shape index (κ3) is 7.88. The van der Waals surface area contributed by atoms with E-state index in [0.29, 0.717) is 36.9 Å². The van der Waals surface area contributed by atoms with E-state index in [9.17, 15) is 9.59 Å². The molecule has 1 aliphatic rings. The summed E-state index contributed by atoms with van der Waals surface area (Å²) in [5.41, 5.74) is 0.780. The van der Waals surface area contributed by atoms with Gasteiger partial charge in [-0.15, -0.1) is 0 Å². The Balaban J connectivity index is 1.19. The Labute approximate surface area is 216 Å². The number of piperidine rings is 1. The first-order chi connectivity index (χ1) is 17.8. The quantitative estimate of drug-likeness (QED) is 0.433. The first-order valence-corrected chi connectivity index (χ1v) is 12.5. The third-order valence-corrected chi connectivity index (χ3v) is 5.84. The Morgan fingerprint density at radius 1 is 1.16 bits per heavy atom. The minimum Gasteiger partial charge on any atom is -0.444 e. The largest absolute Gasteiger partial charge is 0.444 e. The van der Waals surface area contributed by atoms with Gasteiger partial charge >= 0.3 is 6.09 Å². The van der Waals surface area contributed by atoms with Gasteiger partial charge in [0.15, 0.2) is 5.82 Å². The number of nitrogens with one attached hydrogen (secondary N) is 1. The van der Waals surface area contributed by atoms with Crippen LogP contribution in [0, 0.1) is 0 Å². The lowest BCUT2D eigenvalue weighted by Crippen LogP contribution is -2.43. The number of amides is 2. The van der Waals surface area contributed by atoms with Crippen LogP contribution in [0.15, 0.2) is 47.5 Å². The molecule has 1 N–H and O–H groups in total. The fraction of sp³-hybridized carbons (Fsp3) is 0.500. The van der Waals surface area contributed by atoms with Crippen molar-refractivity contribution in [2.24, 2.45) is 0 Å². The summed E-state index contributed by atoms with van der Waals surface area (Å²) in [6.45, 7) is 8.34. The van der Waals surface area contributed by atoms with Crippen LogP contribution in [0.4, 0.5) is 4.79 Å². The standard InChI is InChI=1S/C26H34N6O5/c1-26(2,3)36-25(34)32-14-9-21(10-15-32)35-17-22-29-24(37-30-22)20-7-5-19(6-8-20)23(33)28-11-4-13-31-16-12-27-18-31/h5-8,12,16,18,21H,4,9-11,13-15,17H2,1-3H3,(H,28,33). The van der Waals surface area contributed by atoms with Gasteiger partial charge in [0.25, 0.3) is 11.8 Å². The third-order valence-electron chi connectivity index (χ3n) is 5.84. The van der Waals surface area contributed by atoms with E-state index in [1.54, 1.807) is 41.7 Å². The molecule has 2 amide bonds. The molecular formula is C26H34N6O5. The predicted octanol–water partition coefficient (Wildman–Crippen LogP) is 3.67. The van der Waals surface area contributed by atoms with Gasteiger partial charge < -0.3 is 28.8 Å². The SMILES string of the molecule is CC(C)(C)OC(=O)N1CCC(OCc2noc(-c3ccc(C(=O)NCCCn4ccnc4)cc3)n2)CC1. The van der Waals surface area contributed by atoms with E-state index in [4.69, 9.17) is 14.0 Å². The second kappa shape index (κ2) is 12.0. The molecule has 0 unspecified atom stereocenters. The number of aryl methyl sites for hydroxylation is 1. The van der Waals surface area contributed by atoms with Crippen LogP contribution < -0.4 is 5.32 Å². The highest BCUT2D eigenvalue weighted by Crippen LogP contribution is 2.20. The molecule has 0 saturated carbocycles. The summed E-state index contributed by atoms with van der Waals surface area (Å²) in [4.78, 5) is 34.7. The molecule has 11 heteroatoms. The maximum Gasteiger partial charge on any atom is 0.410 e. The number of nitrogens with zero attached hydrogens (tertiary/aromatic N) is 5. The molecule has 1 saturated heterocycles. The smallest absolute Gasteiger partial charge is 0.410 e. The zero-order valence-electron chi connectivity index (χ0n) is 21.6. The van der Waals surface area contributed by atoms with E-state index in [-0.39, 0.29) is 24.7 Å². The second-order valence-electron chi connectivity index (χ2n) is 9.98. The van der Waals surface area contributed by atoms with E-state index in [1.165, 1.54) is 0 Å². The molecule has 1 aromatic carbocycles. The van der Waals surface area contributed by atoms with Crippen molar-refractivity contribution >= 4 is 12.0 Å². The summed E-state index contributed by atoms with van der Waals surface area (Å²) in [6, 6.07) is 7.04. The average Bonchev–Trinajstić information content (AvgIpc) is 3.57. The van der Waals surface area contributed by atoms with Crippen LogP contribution in [-0.4, -0.2) is 67.9 Å². The van der Waals surface area contributed by atoms with Crippen molar-refractivity contribution in [1.29, 1.82) is 0 Å². The molecule has 0 aliphatic carbocycles. The van der Waals surface area contributed by atoms with Gasteiger partial charge in [0, 0.05) is 49.7 Å². The topological polar surface area (TPSA) is 125 Å². The lowest BCUT2D eigenvalue weighted by molar-refractivity contribution is -0.0190. The predicted molar refractivity (Wildman–Crippen MR) is 135 cm³/mol. The van der Waals surface area contributed by atoms with E-state index < -0.39 is 5.60 Å². The van der Waals surface area contributed by atoms with Gasteiger partial charge in [-0.3, -0.25) is 4.79 Å². The van der Waals surface area contributed by atoms with Crippen molar-refractivity contribution < 1.29 is 23.6 Å². The number of imidazole rings is 1. The molecule has 0 atom stereocenters. The molecule has 0 spiro atoms. The van der Waals surface area contributed by atoms with Crippen molar-refractivity contribution in [2.45, 2.75) is 64.9 Å². The van der Waals surface area contributed by atoms with Crippen LogP contribution in [0.5, 0.6) is 0 Å². The first kappa shape index (κ1) is 26.3. The van der Waals surface area contributed by atoms with Crippen LogP contribution in [-0.2, 0) is 22.6 Å². The van der Waals surface area contributed by atoms with Gasteiger partial charge in [-0.2, -0.15) is 4.98 Å². The number of hydrogen-bond acceptors (Lipinski definition) is 8. The van der Waals surface area contributed by atoms with E-state index in [1.807, 2.05) is 31.5 Å². The van der Waals surface area contributed by atoms with Crippen LogP contribution in [0.25, 0.3) is 11.5 Å². The van der Waals surface area contributed by atoms with Crippen molar-refractivity contribution in [2.75, 3.05) is 19.6 Å². The molecule has 37 heavy (non-hydrogen) atoms. The minimum atomic E-state index is -0.505. The van der Waals surface area contributed by atoms with Crippen molar-refractivity contribution in [1.82, 2.24) is 29.9 Å². The van der Waals surface area contributed by atoms with Crippen molar-refractivity contribution in [3.63, 3.8) is 0 Å². The highest BCUT2D eigenvalue weighted by molar-refractivity contribution is 5.94. The number of likely N-dealkylation sites (tertiary alicyclic amines) is 1. The molecular weight excluding hydrogens is 476 g/mol. The first-order valence-electron chi connectivity index (χ1n) is 12.5. The van der Waals surface area contributed by atoms with Crippen molar-refractivity contribution in [3.05, 3.63) is 54.4 Å². The number of hydrogen-bond donors (Lipinski definition) is 1. The Kier molecular flexibility index (Phi) is 8.54. The molecule has 0 bridgehead atoms. The van der Waals surface area contributed by atoms with Gasteiger partial charge in [0.05, 0.1) is 12.4 Å². The summed E-state index contributed by atoms with van der Waals surface area (Å²) < 4.78 is 18.7. The second-order valence-corrected chi connectivity index (χ2v) is 9.98. The fourth-order valence-electron chi connectivity index (χ4n) is 3.90. The molecule has 4 rings (SSSR count). The molecule has 1 aliphatic heterocycles. The number of aromatic nitrogens is 4. The number of ether oxygens (including phenoxy) is 2. The fourth-order valence-corrected chi connectivity index (χ4v) is 3.90. The van der Waals surface area contributed by atoms with Crippen LogP contribution in [0.3, 0.4) is 0 Å². The van der Waals surface area contributed by atoms with Gasteiger partial charge in [-0.1, -0.05) is 5.16 Å².